The molecule has 12 nitrogen and oxygen atoms in total. The summed E-state index contributed by atoms with van der Waals surface area (Å²) in [6.07, 6.45) is 44.0. The Hall–Kier alpha value is -1.16. The van der Waals surface area contributed by atoms with E-state index in [1.165, 1.54) is 205 Å². The zero-order valence-electron chi connectivity index (χ0n) is 43.0. The molecule has 6 N–H and O–H groups in total. The Bertz CT molecular complexity index is 1240. The van der Waals surface area contributed by atoms with Gasteiger partial charge in [-0.1, -0.05) is 257 Å². The third-order valence-corrected chi connectivity index (χ3v) is 14.0. The normalized spacial score (nSPS) is 19.9. The Morgan fingerprint density at radius 1 is 0.582 bits per heavy atom. The van der Waals surface area contributed by atoms with Crippen LogP contribution in [0.15, 0.2) is 12.2 Å². The molecule has 1 amide bonds. The van der Waals surface area contributed by atoms with E-state index in [0.717, 1.165) is 38.5 Å². The number of aliphatic hydroxyl groups excluding tert-OH is 4. The van der Waals surface area contributed by atoms with Crippen molar-refractivity contribution in [3.63, 3.8) is 0 Å². The van der Waals surface area contributed by atoms with Crippen molar-refractivity contribution in [3.8, 4) is 0 Å². The summed E-state index contributed by atoms with van der Waals surface area (Å²) < 4.78 is 47.8. The Kier molecular flexibility index (Phi) is 42.7. The minimum absolute atomic E-state index is 0.256. The molecule has 0 aromatic carbocycles. The summed E-state index contributed by atoms with van der Waals surface area (Å²) in [6, 6.07) is -0.939. The van der Waals surface area contributed by atoms with Crippen LogP contribution in [0.3, 0.4) is 0 Å². The molecule has 67 heavy (non-hydrogen) atoms. The number of aliphatic hydroxyl groups is 4. The Morgan fingerprint density at radius 3 is 1.30 bits per heavy atom. The van der Waals surface area contributed by atoms with E-state index in [9.17, 15) is 38.2 Å². The van der Waals surface area contributed by atoms with Gasteiger partial charge in [0.25, 0.3) is 0 Å². The lowest BCUT2D eigenvalue weighted by Gasteiger charge is -2.41. The van der Waals surface area contributed by atoms with Crippen LogP contribution in [0.1, 0.15) is 271 Å². The highest BCUT2D eigenvalue weighted by atomic mass is 32.3. The van der Waals surface area contributed by atoms with Gasteiger partial charge < -0.3 is 35.2 Å². The van der Waals surface area contributed by atoms with Crippen molar-refractivity contribution in [2.75, 3.05) is 13.2 Å². The zero-order valence-corrected chi connectivity index (χ0v) is 43.8. The number of carbonyl (C=O) groups is 1. The lowest BCUT2D eigenvalue weighted by Crippen LogP contribution is -2.61. The highest BCUT2D eigenvalue weighted by Gasteiger charge is 2.48. The number of hydrogen-bond donors (Lipinski definition) is 6. The monoisotopic (exact) mass is 976 g/mol. The van der Waals surface area contributed by atoms with Crippen molar-refractivity contribution in [1.82, 2.24) is 5.32 Å². The van der Waals surface area contributed by atoms with E-state index in [4.69, 9.17) is 9.47 Å². The minimum atomic E-state index is -5.09. The van der Waals surface area contributed by atoms with Crippen LogP contribution in [0.5, 0.6) is 0 Å². The quantitative estimate of drug-likeness (QED) is 0.0193. The lowest BCUT2D eigenvalue weighted by atomic mass is 9.99. The van der Waals surface area contributed by atoms with Crippen LogP contribution < -0.4 is 5.32 Å². The van der Waals surface area contributed by atoms with E-state index in [2.05, 4.69) is 23.3 Å². The van der Waals surface area contributed by atoms with Crippen LogP contribution in [-0.2, 0) is 28.9 Å². The molecule has 1 fully saturated rings. The summed E-state index contributed by atoms with van der Waals surface area (Å²) >= 11 is 0. The average Bonchev–Trinajstić information content (AvgIpc) is 3.30. The van der Waals surface area contributed by atoms with Gasteiger partial charge in [-0.2, -0.15) is 8.42 Å². The standard InChI is InChI=1S/C54H105NO11S/c1-3-5-7-9-11-13-15-17-19-21-22-23-24-25-26-27-28-30-32-34-36-38-40-42-44-50(58)55-47(46-64-54-52(60)53(66-67(61,62)63)51(59)49(45-56)65-54)48(57)43-41-39-37-35-33-31-29-20-18-16-14-12-10-8-6-4-2/h41,43,47-49,51-54,56-57,59-60H,3-40,42,44-46H2,1-2H3,(H,55,58)(H,61,62,63)/b43-41+. The smallest absolute Gasteiger partial charge is 0.394 e. The molecule has 0 bridgehead atoms. The summed E-state index contributed by atoms with van der Waals surface area (Å²) in [7, 11) is -5.09. The first-order valence-electron chi connectivity index (χ1n) is 28.1. The third kappa shape index (κ3) is 37.3. The van der Waals surface area contributed by atoms with Crippen LogP contribution in [0.25, 0.3) is 0 Å². The topological polar surface area (TPSA) is 192 Å². The first-order chi connectivity index (χ1) is 32.5. The second-order valence-corrected chi connectivity index (χ2v) is 20.9. The van der Waals surface area contributed by atoms with Crippen LogP contribution in [-0.4, -0.2) is 95.4 Å². The lowest BCUT2D eigenvalue weighted by molar-refractivity contribution is -0.298. The van der Waals surface area contributed by atoms with Gasteiger partial charge in [-0.3, -0.25) is 9.35 Å². The van der Waals surface area contributed by atoms with Gasteiger partial charge in [0.1, 0.15) is 24.4 Å². The molecule has 1 aliphatic rings. The summed E-state index contributed by atoms with van der Waals surface area (Å²) in [5.41, 5.74) is 0. The fourth-order valence-electron chi connectivity index (χ4n) is 9.22. The van der Waals surface area contributed by atoms with Gasteiger partial charge in [0.15, 0.2) is 6.29 Å². The van der Waals surface area contributed by atoms with Gasteiger partial charge >= 0.3 is 10.4 Å². The number of rotatable bonds is 49. The molecule has 0 radical (unpaired) electrons. The van der Waals surface area contributed by atoms with E-state index >= 15 is 0 Å². The van der Waals surface area contributed by atoms with Gasteiger partial charge in [-0.15, -0.1) is 0 Å². The second kappa shape index (κ2) is 44.8. The fraction of sp³-hybridized carbons (Fsp3) is 0.944. The second-order valence-electron chi connectivity index (χ2n) is 19.9. The maximum atomic E-state index is 13.1. The predicted octanol–water partition coefficient (Wildman–Crippen LogP) is 12.7. The largest absolute Gasteiger partial charge is 0.397 e. The predicted molar refractivity (Wildman–Crippen MR) is 273 cm³/mol. The number of allylic oxidation sites excluding steroid dienone is 1. The molecule has 1 aliphatic heterocycles. The minimum Gasteiger partial charge on any atom is -0.394 e. The number of nitrogens with one attached hydrogen (secondary N) is 1. The zero-order chi connectivity index (χ0) is 49.1. The van der Waals surface area contributed by atoms with Crippen molar-refractivity contribution >= 4 is 16.3 Å². The Morgan fingerprint density at radius 2 is 0.940 bits per heavy atom. The first-order valence-corrected chi connectivity index (χ1v) is 29.4. The van der Waals surface area contributed by atoms with Crippen LogP contribution in [0.2, 0.25) is 0 Å². The molecule has 1 saturated heterocycles. The van der Waals surface area contributed by atoms with E-state index in [1.54, 1.807) is 6.08 Å². The number of carbonyl (C=O) groups excluding carboxylic acids is 1. The molecule has 0 aliphatic carbocycles. The molecule has 7 unspecified atom stereocenters. The van der Waals surface area contributed by atoms with Crippen LogP contribution in [0, 0.1) is 0 Å². The van der Waals surface area contributed by atoms with Gasteiger partial charge in [-0.05, 0) is 19.3 Å². The molecule has 0 aromatic heterocycles. The van der Waals surface area contributed by atoms with Crippen molar-refractivity contribution in [2.45, 2.75) is 314 Å². The summed E-state index contributed by atoms with van der Waals surface area (Å²) in [4.78, 5) is 13.1. The van der Waals surface area contributed by atoms with E-state index in [0.29, 0.717) is 6.42 Å². The molecule has 0 saturated carbocycles. The van der Waals surface area contributed by atoms with Crippen molar-refractivity contribution < 1.29 is 51.8 Å². The van der Waals surface area contributed by atoms with Gasteiger partial charge in [0, 0.05) is 6.42 Å². The molecule has 13 heteroatoms. The van der Waals surface area contributed by atoms with Crippen molar-refractivity contribution in [1.29, 1.82) is 0 Å². The fourth-order valence-corrected chi connectivity index (χ4v) is 9.73. The average molecular weight is 976 g/mol. The molecule has 1 rings (SSSR count). The molecular formula is C54H105NO11S. The third-order valence-electron chi connectivity index (χ3n) is 13.6. The first kappa shape index (κ1) is 63.9. The Labute approximate surface area is 410 Å². The molecule has 0 spiro atoms. The highest BCUT2D eigenvalue weighted by Crippen LogP contribution is 2.26. The van der Waals surface area contributed by atoms with Gasteiger partial charge in [0.2, 0.25) is 5.91 Å². The number of unbranched alkanes of at least 4 members (excludes halogenated alkanes) is 37. The maximum Gasteiger partial charge on any atom is 0.397 e. The van der Waals surface area contributed by atoms with Crippen molar-refractivity contribution in [3.05, 3.63) is 12.2 Å². The molecule has 398 valence electrons. The van der Waals surface area contributed by atoms with Gasteiger partial charge in [0.05, 0.1) is 25.4 Å². The van der Waals surface area contributed by atoms with Crippen LogP contribution in [0.4, 0.5) is 0 Å². The van der Waals surface area contributed by atoms with E-state index in [1.807, 2.05) is 6.08 Å². The molecule has 0 aromatic rings. The van der Waals surface area contributed by atoms with Crippen LogP contribution >= 0.6 is 0 Å². The summed E-state index contributed by atoms with van der Waals surface area (Å²) in [5, 5.41) is 44.9. The highest BCUT2D eigenvalue weighted by molar-refractivity contribution is 7.80. The molecule has 1 heterocycles. The summed E-state index contributed by atoms with van der Waals surface area (Å²) in [6.45, 7) is 3.43. The van der Waals surface area contributed by atoms with E-state index < -0.39 is 59.9 Å². The maximum absolute atomic E-state index is 13.1. The molecular weight excluding hydrogens is 871 g/mol. The number of hydrogen-bond acceptors (Lipinski definition) is 10. The SMILES string of the molecule is CCCCCCCCCCCCCCCC/C=C/C(O)C(COC1OC(CO)C(O)C(OS(=O)(=O)O)C1O)NC(=O)CCCCCCCCCCCCCCCCCCCCCCCCCC. The van der Waals surface area contributed by atoms with Gasteiger partial charge in [-0.25, -0.2) is 4.18 Å². The number of ether oxygens (including phenoxy) is 2. The van der Waals surface area contributed by atoms with Crippen molar-refractivity contribution in [2.24, 2.45) is 0 Å². The molecule has 7 atom stereocenters. The van der Waals surface area contributed by atoms with E-state index in [-0.39, 0.29) is 18.9 Å². The summed E-state index contributed by atoms with van der Waals surface area (Å²) in [5.74, 6) is -0.256. The number of amides is 1. The Balaban J connectivity index is 2.36.